The van der Waals surface area contributed by atoms with E-state index in [4.69, 9.17) is 9.84 Å². The molecule has 0 saturated carbocycles. The molecule has 0 heterocycles. The van der Waals surface area contributed by atoms with E-state index in [1.807, 2.05) is 18.2 Å². The first kappa shape index (κ1) is 16.2. The van der Waals surface area contributed by atoms with Crippen LogP contribution < -0.4 is 4.74 Å². The molecule has 0 atom stereocenters. The van der Waals surface area contributed by atoms with Crippen molar-refractivity contribution in [3.05, 3.63) is 35.4 Å². The summed E-state index contributed by atoms with van der Waals surface area (Å²) in [6.07, 6.45) is 3.90. The van der Waals surface area contributed by atoms with Gasteiger partial charge in [-0.25, -0.2) is 4.79 Å². The van der Waals surface area contributed by atoms with Crippen LogP contribution in [0.15, 0.2) is 24.3 Å². The van der Waals surface area contributed by atoms with Gasteiger partial charge in [0.15, 0.2) is 0 Å². The molecule has 1 aromatic carbocycles. The summed E-state index contributed by atoms with van der Waals surface area (Å²) < 4.78 is 5.25. The number of aliphatic carboxylic acids is 1. The van der Waals surface area contributed by atoms with Crippen molar-refractivity contribution in [3.8, 4) is 5.75 Å². The second-order valence-electron chi connectivity index (χ2n) is 4.61. The lowest BCUT2D eigenvalue weighted by molar-refractivity contribution is -0.131. The molecule has 1 N–H and O–H groups in total. The highest BCUT2D eigenvalue weighted by molar-refractivity contribution is 5.85. The lowest BCUT2D eigenvalue weighted by Gasteiger charge is -2.21. The highest BCUT2D eigenvalue weighted by Gasteiger charge is 2.08. The molecule has 1 rings (SSSR count). The largest absolute Gasteiger partial charge is 0.497 e. The van der Waals surface area contributed by atoms with Crippen molar-refractivity contribution in [1.29, 1.82) is 0 Å². The van der Waals surface area contributed by atoms with E-state index < -0.39 is 5.97 Å². The van der Waals surface area contributed by atoms with Gasteiger partial charge in [0.1, 0.15) is 5.75 Å². The Morgan fingerprint density at radius 3 is 2.70 bits per heavy atom. The third-order valence-corrected chi connectivity index (χ3v) is 3.14. The fraction of sp³-hybridized carbons (Fsp3) is 0.438. The quantitative estimate of drug-likeness (QED) is 0.742. The number of ether oxygens (including phenoxy) is 1. The average molecular weight is 277 g/mol. The zero-order valence-electron chi connectivity index (χ0n) is 12.4. The number of hydrogen-bond acceptors (Lipinski definition) is 3. The number of methoxy groups -OCH3 is 1. The maximum atomic E-state index is 10.7. The van der Waals surface area contributed by atoms with Gasteiger partial charge in [-0.1, -0.05) is 19.9 Å². The SMILES string of the molecule is CCCN(CC)Cc1cc(OC)ccc1C=CC(=O)O. The van der Waals surface area contributed by atoms with Crippen LogP contribution in [0.25, 0.3) is 6.08 Å². The Morgan fingerprint density at radius 1 is 1.40 bits per heavy atom. The minimum absolute atomic E-state index is 0.792. The number of hydrogen-bond donors (Lipinski definition) is 1. The molecule has 0 aromatic heterocycles. The van der Waals surface area contributed by atoms with E-state index in [2.05, 4.69) is 18.7 Å². The van der Waals surface area contributed by atoms with E-state index in [0.29, 0.717) is 0 Å². The topological polar surface area (TPSA) is 49.8 Å². The predicted molar refractivity (Wildman–Crippen MR) is 80.9 cm³/mol. The molecule has 0 amide bonds. The Labute approximate surface area is 120 Å². The number of carbonyl (C=O) groups is 1. The van der Waals surface area contributed by atoms with Crippen LogP contribution in [-0.4, -0.2) is 36.2 Å². The van der Waals surface area contributed by atoms with Gasteiger partial charge in [0, 0.05) is 12.6 Å². The van der Waals surface area contributed by atoms with Crippen LogP contribution in [0, 0.1) is 0 Å². The Morgan fingerprint density at radius 2 is 2.15 bits per heavy atom. The van der Waals surface area contributed by atoms with Crippen LogP contribution in [0.3, 0.4) is 0 Å². The summed E-state index contributed by atoms with van der Waals surface area (Å²) in [5, 5.41) is 8.76. The molecule has 0 spiro atoms. The van der Waals surface area contributed by atoms with Gasteiger partial charge in [-0.15, -0.1) is 0 Å². The van der Waals surface area contributed by atoms with Crippen molar-refractivity contribution < 1.29 is 14.6 Å². The van der Waals surface area contributed by atoms with Gasteiger partial charge in [-0.2, -0.15) is 0 Å². The molecule has 0 aliphatic heterocycles. The fourth-order valence-electron chi connectivity index (χ4n) is 2.08. The van der Waals surface area contributed by atoms with E-state index in [-0.39, 0.29) is 0 Å². The summed E-state index contributed by atoms with van der Waals surface area (Å²) in [7, 11) is 1.63. The molecule has 4 heteroatoms. The maximum absolute atomic E-state index is 10.7. The first-order valence-corrected chi connectivity index (χ1v) is 6.91. The molecule has 0 saturated heterocycles. The number of nitrogens with zero attached hydrogens (tertiary/aromatic N) is 1. The second kappa shape index (κ2) is 8.38. The van der Waals surface area contributed by atoms with Crippen molar-refractivity contribution in [1.82, 2.24) is 4.90 Å². The Hall–Kier alpha value is -1.81. The first-order chi connectivity index (χ1) is 9.60. The summed E-state index contributed by atoms with van der Waals surface area (Å²) in [6, 6.07) is 5.72. The van der Waals surface area contributed by atoms with Crippen molar-refractivity contribution in [3.63, 3.8) is 0 Å². The number of benzene rings is 1. The highest BCUT2D eigenvalue weighted by atomic mass is 16.5. The van der Waals surface area contributed by atoms with Gasteiger partial charge < -0.3 is 9.84 Å². The van der Waals surface area contributed by atoms with Crippen LogP contribution in [-0.2, 0) is 11.3 Å². The van der Waals surface area contributed by atoms with Gasteiger partial charge in [-0.3, -0.25) is 4.90 Å². The monoisotopic (exact) mass is 277 g/mol. The van der Waals surface area contributed by atoms with Gasteiger partial charge in [0.05, 0.1) is 7.11 Å². The average Bonchev–Trinajstić information content (AvgIpc) is 2.45. The summed E-state index contributed by atoms with van der Waals surface area (Å²) in [6.45, 7) is 7.06. The van der Waals surface area contributed by atoms with E-state index in [1.54, 1.807) is 13.2 Å². The summed E-state index contributed by atoms with van der Waals surface area (Å²) >= 11 is 0. The van der Waals surface area contributed by atoms with Gasteiger partial charge >= 0.3 is 5.97 Å². The third-order valence-electron chi connectivity index (χ3n) is 3.14. The Bertz CT molecular complexity index is 469. The van der Waals surface area contributed by atoms with Gasteiger partial charge in [-0.05, 0) is 48.8 Å². The van der Waals surface area contributed by atoms with Crippen LogP contribution >= 0.6 is 0 Å². The summed E-state index contributed by atoms with van der Waals surface area (Å²) in [5.74, 6) is -0.146. The highest BCUT2D eigenvalue weighted by Crippen LogP contribution is 2.20. The Balaban J connectivity index is 3.02. The normalized spacial score (nSPS) is 11.2. The second-order valence-corrected chi connectivity index (χ2v) is 4.61. The van der Waals surface area contributed by atoms with Gasteiger partial charge in [0.2, 0.25) is 0 Å². The van der Waals surface area contributed by atoms with Crippen molar-refractivity contribution in [2.75, 3.05) is 20.2 Å². The molecular formula is C16H23NO3. The molecule has 0 aliphatic rings. The molecule has 4 nitrogen and oxygen atoms in total. The zero-order valence-corrected chi connectivity index (χ0v) is 12.4. The minimum atomic E-state index is -0.937. The molecule has 0 aliphatic carbocycles. The van der Waals surface area contributed by atoms with E-state index in [1.165, 1.54) is 6.08 Å². The molecule has 110 valence electrons. The smallest absolute Gasteiger partial charge is 0.328 e. The van der Waals surface area contributed by atoms with Crippen LogP contribution in [0.2, 0.25) is 0 Å². The van der Waals surface area contributed by atoms with E-state index in [9.17, 15) is 4.79 Å². The van der Waals surface area contributed by atoms with Crippen molar-refractivity contribution >= 4 is 12.0 Å². The van der Waals surface area contributed by atoms with Crippen LogP contribution in [0.4, 0.5) is 0 Å². The number of carboxylic acids is 1. The molecule has 0 bridgehead atoms. The standard InChI is InChI=1S/C16H23NO3/c1-4-10-17(5-2)12-14-11-15(20-3)8-6-13(14)7-9-16(18)19/h6-9,11H,4-5,10,12H2,1-3H3,(H,18,19). The minimum Gasteiger partial charge on any atom is -0.497 e. The van der Waals surface area contributed by atoms with Crippen LogP contribution in [0.1, 0.15) is 31.4 Å². The fourth-order valence-corrected chi connectivity index (χ4v) is 2.08. The molecule has 0 unspecified atom stereocenters. The maximum Gasteiger partial charge on any atom is 0.328 e. The number of rotatable bonds is 8. The molecule has 20 heavy (non-hydrogen) atoms. The number of carboxylic acid groups (broad SMARTS) is 1. The lowest BCUT2D eigenvalue weighted by atomic mass is 10.1. The molecule has 0 radical (unpaired) electrons. The van der Waals surface area contributed by atoms with E-state index in [0.717, 1.165) is 42.9 Å². The summed E-state index contributed by atoms with van der Waals surface area (Å²) in [5.41, 5.74) is 2.00. The van der Waals surface area contributed by atoms with Crippen LogP contribution in [0.5, 0.6) is 5.75 Å². The predicted octanol–water partition coefficient (Wildman–Crippen LogP) is 3.02. The van der Waals surface area contributed by atoms with E-state index >= 15 is 0 Å². The third kappa shape index (κ3) is 5.05. The molecular weight excluding hydrogens is 254 g/mol. The van der Waals surface area contributed by atoms with Crippen molar-refractivity contribution in [2.45, 2.75) is 26.8 Å². The molecule has 0 fully saturated rings. The lowest BCUT2D eigenvalue weighted by Crippen LogP contribution is -2.24. The Kier molecular flexibility index (Phi) is 6.81. The summed E-state index contributed by atoms with van der Waals surface area (Å²) in [4.78, 5) is 13.0. The van der Waals surface area contributed by atoms with Gasteiger partial charge in [0.25, 0.3) is 0 Å². The molecule has 1 aromatic rings. The van der Waals surface area contributed by atoms with Crippen molar-refractivity contribution in [2.24, 2.45) is 0 Å². The zero-order chi connectivity index (χ0) is 15.0. The first-order valence-electron chi connectivity index (χ1n) is 6.91.